The molecular weight excluding hydrogens is 358 g/mol. The van der Waals surface area contributed by atoms with Gasteiger partial charge in [0.2, 0.25) is 27.7 Å². The fourth-order valence-electron chi connectivity index (χ4n) is 1.61. The van der Waals surface area contributed by atoms with Crippen molar-refractivity contribution in [2.45, 2.75) is 29.9 Å². The maximum atomic E-state index is 12.4. The van der Waals surface area contributed by atoms with E-state index in [2.05, 4.69) is 9.97 Å². The van der Waals surface area contributed by atoms with Gasteiger partial charge in [-0.15, -0.1) is 0 Å². The summed E-state index contributed by atoms with van der Waals surface area (Å²) >= 11 is 0.944. The van der Waals surface area contributed by atoms with Crippen LogP contribution in [0.15, 0.2) is 11.2 Å². The number of nitrogens with zero attached hydrogens (tertiary/aromatic N) is 2. The maximum absolute atomic E-state index is 12.4. The first-order valence-electron chi connectivity index (χ1n) is 6.73. The van der Waals surface area contributed by atoms with E-state index in [1.165, 1.54) is 27.4 Å². The molecule has 1 N–H and O–H groups in total. The van der Waals surface area contributed by atoms with Crippen molar-refractivity contribution in [2.75, 3.05) is 27.6 Å². The SMILES string of the molecule is COc1cc(OC)nc(SC(C(=O)NS(C)(=O)=O)C(C)(C)OC)n1. The van der Waals surface area contributed by atoms with Crippen LogP contribution in [0.1, 0.15) is 13.8 Å². The quantitative estimate of drug-likeness (QED) is 0.507. The molecule has 0 saturated heterocycles. The van der Waals surface area contributed by atoms with Gasteiger partial charge in [0.1, 0.15) is 5.25 Å². The van der Waals surface area contributed by atoms with Gasteiger partial charge in [0.25, 0.3) is 0 Å². The van der Waals surface area contributed by atoms with Crippen molar-refractivity contribution < 1.29 is 27.4 Å². The Bertz CT molecular complexity index is 671. The predicted molar refractivity (Wildman–Crippen MR) is 88.9 cm³/mol. The Kier molecular flexibility index (Phi) is 6.81. The Morgan fingerprint density at radius 3 is 2.08 bits per heavy atom. The maximum Gasteiger partial charge on any atom is 0.249 e. The van der Waals surface area contributed by atoms with Gasteiger partial charge in [0.05, 0.1) is 32.1 Å². The second-order valence-electron chi connectivity index (χ2n) is 5.28. The third-order valence-electron chi connectivity index (χ3n) is 2.98. The highest BCUT2D eigenvalue weighted by Gasteiger charge is 2.38. The molecule has 1 atom stereocenters. The van der Waals surface area contributed by atoms with E-state index < -0.39 is 26.8 Å². The highest BCUT2D eigenvalue weighted by molar-refractivity contribution is 8.00. The molecular formula is C13H21N3O6S2. The number of thioether (sulfide) groups is 1. The van der Waals surface area contributed by atoms with Crippen molar-refractivity contribution in [1.82, 2.24) is 14.7 Å². The van der Waals surface area contributed by atoms with Gasteiger partial charge < -0.3 is 14.2 Å². The number of hydrogen-bond donors (Lipinski definition) is 1. The molecule has 136 valence electrons. The lowest BCUT2D eigenvalue weighted by Crippen LogP contribution is -2.48. The van der Waals surface area contributed by atoms with Crippen LogP contribution in [0.4, 0.5) is 0 Å². The zero-order valence-corrected chi connectivity index (χ0v) is 15.9. The van der Waals surface area contributed by atoms with Crippen LogP contribution in [0.2, 0.25) is 0 Å². The number of ether oxygens (including phenoxy) is 3. The number of hydrogen-bond acceptors (Lipinski definition) is 9. The summed E-state index contributed by atoms with van der Waals surface area (Å²) in [5.74, 6) is -0.233. The van der Waals surface area contributed by atoms with E-state index in [9.17, 15) is 13.2 Å². The highest BCUT2D eigenvalue weighted by atomic mass is 32.2. The number of carbonyl (C=O) groups excluding carboxylic acids is 1. The van der Waals surface area contributed by atoms with Crippen molar-refractivity contribution in [3.8, 4) is 11.8 Å². The lowest BCUT2D eigenvalue weighted by molar-refractivity contribution is -0.123. The molecule has 1 amide bonds. The third kappa shape index (κ3) is 5.80. The van der Waals surface area contributed by atoms with Crippen molar-refractivity contribution >= 4 is 27.7 Å². The van der Waals surface area contributed by atoms with Crippen molar-refractivity contribution in [1.29, 1.82) is 0 Å². The van der Waals surface area contributed by atoms with Crippen molar-refractivity contribution in [3.05, 3.63) is 6.07 Å². The summed E-state index contributed by atoms with van der Waals surface area (Å²) in [5, 5.41) is -0.751. The first-order chi connectivity index (χ1) is 11.0. The van der Waals surface area contributed by atoms with Crippen LogP contribution >= 0.6 is 11.8 Å². The minimum Gasteiger partial charge on any atom is -0.481 e. The summed E-state index contributed by atoms with van der Waals surface area (Å²) in [7, 11) is 0.579. The van der Waals surface area contributed by atoms with E-state index in [0.717, 1.165) is 18.0 Å². The predicted octanol–water partition coefficient (Wildman–Crippen LogP) is 0.455. The zero-order chi connectivity index (χ0) is 18.5. The molecule has 11 heteroatoms. The smallest absolute Gasteiger partial charge is 0.249 e. The number of aromatic nitrogens is 2. The lowest BCUT2D eigenvalue weighted by atomic mass is 10.0. The van der Waals surface area contributed by atoms with Gasteiger partial charge in [-0.3, -0.25) is 9.52 Å². The first kappa shape index (κ1) is 20.5. The second-order valence-corrected chi connectivity index (χ2v) is 8.10. The van der Waals surface area contributed by atoms with Gasteiger partial charge in [-0.1, -0.05) is 11.8 Å². The van der Waals surface area contributed by atoms with Gasteiger partial charge >= 0.3 is 0 Å². The molecule has 1 rings (SSSR count). The van der Waals surface area contributed by atoms with Crippen LogP contribution in [0, 0.1) is 0 Å². The summed E-state index contributed by atoms with van der Waals surface area (Å²) in [6.07, 6.45) is 0.900. The van der Waals surface area contributed by atoms with Crippen molar-refractivity contribution in [3.63, 3.8) is 0 Å². The Labute approximate surface area is 145 Å². The molecule has 0 aromatic carbocycles. The molecule has 1 aromatic rings. The topological polar surface area (TPSA) is 117 Å². The molecule has 0 bridgehead atoms. The molecule has 24 heavy (non-hydrogen) atoms. The minimum absolute atomic E-state index is 0.185. The van der Waals surface area contributed by atoms with Crippen LogP contribution in [0.3, 0.4) is 0 Å². The largest absolute Gasteiger partial charge is 0.481 e. The second kappa shape index (κ2) is 7.99. The number of methoxy groups -OCH3 is 3. The normalized spacial score (nSPS) is 13.2. The minimum atomic E-state index is -3.71. The molecule has 0 aliphatic carbocycles. The fraction of sp³-hybridized carbons (Fsp3) is 0.615. The average Bonchev–Trinajstić information content (AvgIpc) is 2.50. The monoisotopic (exact) mass is 379 g/mol. The van der Waals surface area contributed by atoms with Crippen LogP contribution in [-0.4, -0.2) is 62.7 Å². The molecule has 0 fully saturated rings. The molecule has 1 aromatic heterocycles. The van der Waals surface area contributed by atoms with Crippen molar-refractivity contribution in [2.24, 2.45) is 0 Å². The Balaban J connectivity index is 3.20. The fourth-order valence-corrected chi connectivity index (χ4v) is 3.21. The Morgan fingerprint density at radius 1 is 1.21 bits per heavy atom. The van der Waals surface area contributed by atoms with E-state index >= 15 is 0 Å². The van der Waals surface area contributed by atoms with Gasteiger partial charge in [-0.25, -0.2) is 8.42 Å². The number of sulfonamides is 1. The number of nitrogens with one attached hydrogen (secondary N) is 1. The van der Waals surface area contributed by atoms with Crippen LogP contribution in [-0.2, 0) is 19.6 Å². The standard InChI is InChI=1S/C13H21N3O6S2/c1-13(2,22-5)10(11(17)16-24(6,18)19)23-12-14-8(20-3)7-9(15-12)21-4/h7,10H,1-6H3,(H,16,17). The first-order valence-corrected chi connectivity index (χ1v) is 9.50. The van der Waals surface area contributed by atoms with E-state index in [1.807, 2.05) is 4.72 Å². The Morgan fingerprint density at radius 2 is 1.71 bits per heavy atom. The van der Waals surface area contributed by atoms with Crippen LogP contribution in [0.5, 0.6) is 11.8 Å². The van der Waals surface area contributed by atoms with Gasteiger partial charge in [-0.2, -0.15) is 9.97 Å². The molecule has 1 unspecified atom stereocenters. The average molecular weight is 379 g/mol. The molecule has 0 aliphatic heterocycles. The van der Waals surface area contributed by atoms with E-state index in [0.29, 0.717) is 0 Å². The van der Waals surface area contributed by atoms with E-state index in [4.69, 9.17) is 14.2 Å². The molecule has 9 nitrogen and oxygen atoms in total. The highest BCUT2D eigenvalue weighted by Crippen LogP contribution is 2.32. The van der Waals surface area contributed by atoms with Gasteiger partial charge in [-0.05, 0) is 13.8 Å². The van der Waals surface area contributed by atoms with Crippen LogP contribution in [0.25, 0.3) is 0 Å². The molecule has 0 radical (unpaired) electrons. The Hall–Kier alpha value is -1.59. The number of carbonyl (C=O) groups is 1. The van der Waals surface area contributed by atoms with Gasteiger partial charge in [0.15, 0.2) is 5.16 Å². The summed E-state index contributed by atoms with van der Waals surface area (Å²) in [4.78, 5) is 20.6. The van der Waals surface area contributed by atoms with E-state index in [-0.39, 0.29) is 16.9 Å². The number of rotatable bonds is 8. The van der Waals surface area contributed by atoms with Gasteiger partial charge in [0, 0.05) is 7.11 Å². The summed E-state index contributed by atoms with van der Waals surface area (Å²) in [6.45, 7) is 3.31. The molecule has 1 heterocycles. The number of amides is 1. The summed E-state index contributed by atoms with van der Waals surface area (Å²) < 4.78 is 40.1. The summed E-state index contributed by atoms with van der Waals surface area (Å²) in [5.41, 5.74) is -0.987. The zero-order valence-electron chi connectivity index (χ0n) is 14.3. The molecule has 0 saturated carbocycles. The van der Waals surface area contributed by atoms with Crippen LogP contribution < -0.4 is 14.2 Å². The van der Waals surface area contributed by atoms with E-state index in [1.54, 1.807) is 13.8 Å². The molecule has 0 aliphatic rings. The molecule has 0 spiro atoms. The lowest BCUT2D eigenvalue weighted by Gasteiger charge is -2.30. The third-order valence-corrected chi connectivity index (χ3v) is 4.96. The summed E-state index contributed by atoms with van der Waals surface area (Å²) in [6, 6.07) is 1.48.